The maximum Gasteiger partial charge on any atom is 0.247 e. The molecule has 9 heteroatoms. The highest BCUT2D eigenvalue weighted by Crippen LogP contribution is 2.21. The molecular formula is C18H25N5O2S2. The summed E-state index contributed by atoms with van der Waals surface area (Å²) < 4.78 is 22.9. The van der Waals surface area contributed by atoms with Gasteiger partial charge in [0, 0.05) is 36.2 Å². The van der Waals surface area contributed by atoms with Gasteiger partial charge >= 0.3 is 0 Å². The quantitative estimate of drug-likeness (QED) is 0.500. The van der Waals surface area contributed by atoms with Gasteiger partial charge in [-0.15, -0.1) is 11.3 Å². The van der Waals surface area contributed by atoms with Crippen molar-refractivity contribution < 1.29 is 8.42 Å². The lowest BCUT2D eigenvalue weighted by molar-refractivity contribution is 0.600. The van der Waals surface area contributed by atoms with E-state index in [2.05, 4.69) is 44.8 Å². The van der Waals surface area contributed by atoms with E-state index in [1.807, 2.05) is 13.0 Å². The van der Waals surface area contributed by atoms with Crippen LogP contribution in [0.4, 0.5) is 5.69 Å². The van der Waals surface area contributed by atoms with Gasteiger partial charge in [0.1, 0.15) is 4.21 Å². The number of rotatable bonds is 6. The Kier molecular flexibility index (Phi) is 6.35. The van der Waals surface area contributed by atoms with Crippen molar-refractivity contribution in [1.82, 2.24) is 10.6 Å². The molecule has 1 aromatic carbocycles. The van der Waals surface area contributed by atoms with Gasteiger partial charge in [0.05, 0.1) is 6.54 Å². The van der Waals surface area contributed by atoms with E-state index in [9.17, 15) is 8.42 Å². The van der Waals surface area contributed by atoms with E-state index in [4.69, 9.17) is 5.14 Å². The number of anilines is 1. The first-order valence-electron chi connectivity index (χ1n) is 8.92. The van der Waals surface area contributed by atoms with Crippen molar-refractivity contribution in [3.05, 3.63) is 47.3 Å². The lowest BCUT2D eigenvalue weighted by Crippen LogP contribution is -2.44. The number of hydrogen-bond donors (Lipinski definition) is 3. The zero-order valence-electron chi connectivity index (χ0n) is 15.3. The van der Waals surface area contributed by atoms with Gasteiger partial charge in [0.2, 0.25) is 10.0 Å². The van der Waals surface area contributed by atoms with Crippen LogP contribution in [0.1, 0.15) is 18.2 Å². The summed E-state index contributed by atoms with van der Waals surface area (Å²) in [5.74, 6) is 0.739. The maximum atomic E-state index is 11.4. The molecule has 3 rings (SSSR count). The summed E-state index contributed by atoms with van der Waals surface area (Å²) in [6, 6.07) is 14.0. The molecule has 146 valence electrons. The molecule has 1 saturated heterocycles. The zero-order valence-corrected chi connectivity index (χ0v) is 16.9. The summed E-state index contributed by atoms with van der Waals surface area (Å²) in [7, 11) is -3.65. The van der Waals surface area contributed by atoms with Crippen LogP contribution in [0.5, 0.6) is 0 Å². The molecule has 0 radical (unpaired) electrons. The average Bonchev–Trinajstić information content (AvgIpc) is 3.30. The predicted octanol–water partition coefficient (Wildman–Crippen LogP) is 1.73. The van der Waals surface area contributed by atoms with Crippen molar-refractivity contribution in [1.29, 1.82) is 0 Å². The molecule has 2 heterocycles. The zero-order chi connectivity index (χ0) is 19.3. The minimum Gasteiger partial charge on any atom is -0.369 e. The number of nitrogens with one attached hydrogen (secondary N) is 2. The molecule has 27 heavy (non-hydrogen) atoms. The molecule has 1 aromatic heterocycles. The van der Waals surface area contributed by atoms with Crippen LogP contribution < -0.4 is 20.7 Å². The Morgan fingerprint density at radius 3 is 2.74 bits per heavy atom. The molecule has 1 aliphatic rings. The normalized spacial score (nSPS) is 17.9. The van der Waals surface area contributed by atoms with E-state index in [0.29, 0.717) is 12.6 Å². The third-order valence-electron chi connectivity index (χ3n) is 4.31. The molecule has 4 N–H and O–H groups in total. The number of thiophene rings is 1. The van der Waals surface area contributed by atoms with Crippen LogP contribution in [0.15, 0.2) is 51.7 Å². The van der Waals surface area contributed by atoms with E-state index in [1.54, 1.807) is 6.07 Å². The van der Waals surface area contributed by atoms with E-state index in [-0.39, 0.29) is 4.21 Å². The summed E-state index contributed by atoms with van der Waals surface area (Å²) in [5.41, 5.74) is 1.23. The van der Waals surface area contributed by atoms with Crippen molar-refractivity contribution in [2.24, 2.45) is 10.1 Å². The molecule has 1 fully saturated rings. The number of aliphatic imine (C=N–C) groups is 1. The number of para-hydroxylation sites is 1. The number of benzene rings is 1. The number of primary sulfonamides is 1. The van der Waals surface area contributed by atoms with Crippen molar-refractivity contribution in [2.75, 3.05) is 24.5 Å². The van der Waals surface area contributed by atoms with Crippen molar-refractivity contribution >= 4 is 33.0 Å². The second-order valence-electron chi connectivity index (χ2n) is 6.37. The van der Waals surface area contributed by atoms with Crippen LogP contribution in [0.25, 0.3) is 0 Å². The number of hydrogen-bond acceptors (Lipinski definition) is 5. The first-order chi connectivity index (χ1) is 13.0. The predicted molar refractivity (Wildman–Crippen MR) is 111 cm³/mol. The maximum absolute atomic E-state index is 11.4. The molecule has 2 aromatic rings. The lowest BCUT2D eigenvalue weighted by atomic mass is 10.3. The molecule has 0 saturated carbocycles. The van der Waals surface area contributed by atoms with Gasteiger partial charge in [-0.3, -0.25) is 0 Å². The summed E-state index contributed by atoms with van der Waals surface area (Å²) in [6.45, 7) is 5.11. The van der Waals surface area contributed by atoms with Crippen LogP contribution in [0.3, 0.4) is 0 Å². The van der Waals surface area contributed by atoms with E-state index < -0.39 is 10.0 Å². The molecule has 0 bridgehead atoms. The van der Waals surface area contributed by atoms with E-state index >= 15 is 0 Å². The van der Waals surface area contributed by atoms with Crippen LogP contribution in [0.2, 0.25) is 0 Å². The van der Waals surface area contributed by atoms with Gasteiger partial charge < -0.3 is 15.5 Å². The molecule has 0 aliphatic carbocycles. The molecule has 1 unspecified atom stereocenters. The Labute approximate surface area is 164 Å². The molecule has 0 spiro atoms. The highest BCUT2D eigenvalue weighted by Gasteiger charge is 2.23. The van der Waals surface area contributed by atoms with Crippen LogP contribution in [-0.4, -0.2) is 40.1 Å². The Hall–Kier alpha value is -2.10. The highest BCUT2D eigenvalue weighted by molar-refractivity contribution is 7.91. The van der Waals surface area contributed by atoms with Gasteiger partial charge in [-0.1, -0.05) is 18.2 Å². The van der Waals surface area contributed by atoms with Gasteiger partial charge in [-0.05, 0) is 37.6 Å². The first kappa shape index (κ1) is 19.7. The largest absolute Gasteiger partial charge is 0.369 e. The first-order valence-corrected chi connectivity index (χ1v) is 11.3. The van der Waals surface area contributed by atoms with Gasteiger partial charge in [0.25, 0.3) is 0 Å². The molecule has 1 aliphatic heterocycles. The number of guanidine groups is 1. The Bertz CT molecular complexity index is 880. The second kappa shape index (κ2) is 8.73. The second-order valence-corrected chi connectivity index (χ2v) is 9.33. The molecular weight excluding hydrogens is 382 g/mol. The van der Waals surface area contributed by atoms with Crippen molar-refractivity contribution in [3.8, 4) is 0 Å². The summed E-state index contributed by atoms with van der Waals surface area (Å²) in [5, 5.41) is 11.9. The van der Waals surface area contributed by atoms with Gasteiger partial charge in [-0.2, -0.15) is 0 Å². The van der Waals surface area contributed by atoms with E-state index in [0.717, 1.165) is 48.2 Å². The summed E-state index contributed by atoms with van der Waals surface area (Å²) in [4.78, 5) is 7.81. The third kappa shape index (κ3) is 5.44. The fourth-order valence-electron chi connectivity index (χ4n) is 3.02. The van der Waals surface area contributed by atoms with Crippen molar-refractivity contribution in [3.63, 3.8) is 0 Å². The van der Waals surface area contributed by atoms with Crippen molar-refractivity contribution in [2.45, 2.75) is 30.1 Å². The summed E-state index contributed by atoms with van der Waals surface area (Å²) in [6.07, 6.45) is 1.04. The standard InChI is InChI=1S/C18H25N5O2S2/c1-2-20-18(21-12-16-8-9-17(26-16)27(19,24)25)22-14-10-11-23(13-14)15-6-4-3-5-7-15/h3-9,14H,2,10-13H2,1H3,(H2,19,24,25)(H2,20,21,22). The summed E-state index contributed by atoms with van der Waals surface area (Å²) >= 11 is 1.16. The van der Waals surface area contributed by atoms with Gasteiger partial charge in [-0.25, -0.2) is 18.5 Å². The molecule has 1 atom stereocenters. The topological polar surface area (TPSA) is 99.8 Å². The van der Waals surface area contributed by atoms with Crippen LogP contribution >= 0.6 is 11.3 Å². The van der Waals surface area contributed by atoms with Crippen LogP contribution in [-0.2, 0) is 16.6 Å². The number of nitrogens with zero attached hydrogens (tertiary/aromatic N) is 2. The highest BCUT2D eigenvalue weighted by atomic mass is 32.2. The van der Waals surface area contributed by atoms with Gasteiger partial charge in [0.15, 0.2) is 5.96 Å². The smallest absolute Gasteiger partial charge is 0.247 e. The lowest BCUT2D eigenvalue weighted by Gasteiger charge is -2.20. The minimum atomic E-state index is -3.65. The fraction of sp³-hybridized carbons (Fsp3) is 0.389. The van der Waals surface area contributed by atoms with Crippen LogP contribution in [0, 0.1) is 0 Å². The third-order valence-corrected chi connectivity index (χ3v) is 6.81. The molecule has 0 amide bonds. The Balaban J connectivity index is 1.60. The molecule has 7 nitrogen and oxygen atoms in total. The number of nitrogens with two attached hydrogens (primary N) is 1. The average molecular weight is 408 g/mol. The number of sulfonamides is 1. The van der Waals surface area contributed by atoms with E-state index in [1.165, 1.54) is 11.8 Å². The Morgan fingerprint density at radius 2 is 2.07 bits per heavy atom. The Morgan fingerprint density at radius 1 is 1.30 bits per heavy atom. The SMILES string of the molecule is CCNC(=NCc1ccc(S(N)(=O)=O)s1)NC1CCN(c2ccccc2)C1. The monoisotopic (exact) mass is 407 g/mol. The fourth-order valence-corrected chi connectivity index (χ4v) is 4.72. The minimum absolute atomic E-state index is 0.167.